The van der Waals surface area contributed by atoms with Crippen molar-refractivity contribution in [1.82, 2.24) is 15.1 Å². The maximum absolute atomic E-state index is 13.4. The predicted octanol–water partition coefficient (Wildman–Crippen LogP) is 5.66. The van der Waals surface area contributed by atoms with Gasteiger partial charge in [-0.15, -0.1) is 5.10 Å². The molecule has 1 N–H and O–H groups in total. The number of likely N-dealkylation sites (tertiary alicyclic amines) is 1. The summed E-state index contributed by atoms with van der Waals surface area (Å²) in [7, 11) is 2.22. The summed E-state index contributed by atoms with van der Waals surface area (Å²) in [6.07, 6.45) is -0.264. The molecule has 2 saturated heterocycles. The summed E-state index contributed by atoms with van der Waals surface area (Å²) in [6, 6.07) is 10.9. The van der Waals surface area contributed by atoms with Crippen molar-refractivity contribution in [3.05, 3.63) is 59.3 Å². The van der Waals surface area contributed by atoms with E-state index in [0.29, 0.717) is 23.3 Å². The van der Waals surface area contributed by atoms with Crippen LogP contribution < -0.4 is 10.2 Å². The number of hydrogen-bond acceptors (Lipinski definition) is 5. The SMILES string of the molecule is Cc1c(C(C)Nc2nncc3ccc(N4CCC5C(CCN5C)C4)cc23)cccc1C(F)(F)F. The van der Waals surface area contributed by atoms with E-state index in [1.165, 1.54) is 19.4 Å². The lowest BCUT2D eigenvalue weighted by Gasteiger charge is -2.38. The minimum Gasteiger partial charge on any atom is -0.371 e. The van der Waals surface area contributed by atoms with E-state index in [9.17, 15) is 13.2 Å². The van der Waals surface area contributed by atoms with E-state index in [1.54, 1.807) is 12.3 Å². The largest absolute Gasteiger partial charge is 0.416 e. The number of hydrogen-bond donors (Lipinski definition) is 1. The Labute approximate surface area is 198 Å². The Morgan fingerprint density at radius 1 is 1.12 bits per heavy atom. The average Bonchev–Trinajstić information content (AvgIpc) is 3.18. The van der Waals surface area contributed by atoms with Crippen LogP contribution in [0.2, 0.25) is 0 Å². The second kappa shape index (κ2) is 8.73. The Hall–Kier alpha value is -2.87. The molecule has 0 aliphatic carbocycles. The van der Waals surface area contributed by atoms with Gasteiger partial charge in [-0.2, -0.15) is 18.3 Å². The molecule has 3 unspecified atom stereocenters. The molecule has 0 saturated carbocycles. The number of anilines is 2. The highest BCUT2D eigenvalue weighted by Gasteiger charge is 2.36. The second-order valence-corrected chi connectivity index (χ2v) is 9.68. The molecule has 3 atom stereocenters. The van der Waals surface area contributed by atoms with Crippen LogP contribution >= 0.6 is 0 Å². The van der Waals surface area contributed by atoms with Gasteiger partial charge in [-0.3, -0.25) is 0 Å². The third kappa shape index (κ3) is 4.19. The van der Waals surface area contributed by atoms with E-state index in [1.807, 2.05) is 6.92 Å². The molecule has 0 bridgehead atoms. The third-order valence-electron chi connectivity index (χ3n) is 7.63. The lowest BCUT2D eigenvalue weighted by molar-refractivity contribution is -0.138. The van der Waals surface area contributed by atoms with Crippen LogP contribution in [0.5, 0.6) is 0 Å². The molecule has 3 aromatic rings. The lowest BCUT2D eigenvalue weighted by Crippen LogP contribution is -2.44. The van der Waals surface area contributed by atoms with Gasteiger partial charge in [-0.25, -0.2) is 0 Å². The van der Waals surface area contributed by atoms with E-state index in [0.717, 1.165) is 48.6 Å². The second-order valence-electron chi connectivity index (χ2n) is 9.68. The van der Waals surface area contributed by atoms with Crippen molar-refractivity contribution in [2.24, 2.45) is 5.92 Å². The number of nitrogens with one attached hydrogen (secondary N) is 1. The molecule has 2 aliphatic rings. The summed E-state index contributed by atoms with van der Waals surface area (Å²) in [5.74, 6) is 1.27. The first-order valence-corrected chi connectivity index (χ1v) is 11.9. The summed E-state index contributed by atoms with van der Waals surface area (Å²) in [6.45, 7) is 6.60. The van der Waals surface area contributed by atoms with Crippen LogP contribution in [0.15, 0.2) is 42.6 Å². The van der Waals surface area contributed by atoms with Crippen LogP contribution in [0.1, 0.15) is 42.5 Å². The van der Waals surface area contributed by atoms with Gasteiger partial charge in [-0.1, -0.05) is 18.2 Å². The van der Waals surface area contributed by atoms with Crippen molar-refractivity contribution in [3.8, 4) is 0 Å². The monoisotopic (exact) mass is 469 g/mol. The van der Waals surface area contributed by atoms with Gasteiger partial charge in [-0.05, 0) is 75.5 Å². The molecular weight excluding hydrogens is 439 g/mol. The fourth-order valence-corrected chi connectivity index (χ4v) is 5.73. The summed E-state index contributed by atoms with van der Waals surface area (Å²) >= 11 is 0. The fourth-order valence-electron chi connectivity index (χ4n) is 5.73. The minimum absolute atomic E-state index is 0.230. The molecule has 2 aromatic carbocycles. The molecule has 2 aliphatic heterocycles. The zero-order valence-corrected chi connectivity index (χ0v) is 19.7. The average molecular weight is 470 g/mol. The Morgan fingerprint density at radius 3 is 2.74 bits per heavy atom. The molecule has 0 radical (unpaired) electrons. The smallest absolute Gasteiger partial charge is 0.371 e. The molecule has 1 aromatic heterocycles. The van der Waals surface area contributed by atoms with Crippen molar-refractivity contribution in [2.75, 3.05) is 36.9 Å². The van der Waals surface area contributed by atoms with E-state index < -0.39 is 11.7 Å². The molecule has 2 fully saturated rings. The van der Waals surface area contributed by atoms with Gasteiger partial charge in [0.1, 0.15) is 0 Å². The summed E-state index contributed by atoms with van der Waals surface area (Å²) < 4.78 is 40.2. The van der Waals surface area contributed by atoms with Crippen LogP contribution in [0, 0.1) is 12.8 Å². The topological polar surface area (TPSA) is 44.3 Å². The van der Waals surface area contributed by atoms with Crippen molar-refractivity contribution in [2.45, 2.75) is 44.9 Å². The van der Waals surface area contributed by atoms with Gasteiger partial charge in [0.05, 0.1) is 17.8 Å². The first-order valence-electron chi connectivity index (χ1n) is 11.9. The lowest BCUT2D eigenvalue weighted by atomic mass is 9.92. The van der Waals surface area contributed by atoms with Crippen molar-refractivity contribution in [1.29, 1.82) is 0 Å². The minimum atomic E-state index is -4.38. The number of piperidine rings is 1. The Morgan fingerprint density at radius 2 is 1.94 bits per heavy atom. The quantitative estimate of drug-likeness (QED) is 0.534. The molecule has 180 valence electrons. The number of benzene rings is 2. The van der Waals surface area contributed by atoms with Crippen LogP contribution in [-0.4, -0.2) is 47.8 Å². The molecule has 0 spiro atoms. The fraction of sp³-hybridized carbons (Fsp3) is 0.462. The van der Waals surface area contributed by atoms with Crippen LogP contribution in [0.4, 0.5) is 24.7 Å². The first kappa shape index (κ1) is 22.9. The maximum Gasteiger partial charge on any atom is 0.416 e. The van der Waals surface area contributed by atoms with Gasteiger partial charge in [0.15, 0.2) is 5.82 Å². The van der Waals surface area contributed by atoms with E-state index in [-0.39, 0.29) is 11.6 Å². The van der Waals surface area contributed by atoms with E-state index in [4.69, 9.17) is 0 Å². The first-order chi connectivity index (χ1) is 16.2. The molecule has 8 heteroatoms. The number of halogens is 3. The standard InChI is InChI=1S/C26H30F3N5/c1-16-21(5-4-6-23(16)26(27,28)29)17(2)31-25-22-13-20(8-7-18(22)14-30-32-25)34-12-10-24-19(15-34)9-11-33(24)3/h4-8,13-14,17,19,24H,9-12,15H2,1-3H3,(H,31,32). The van der Waals surface area contributed by atoms with Crippen molar-refractivity contribution < 1.29 is 13.2 Å². The van der Waals surface area contributed by atoms with Gasteiger partial charge < -0.3 is 15.1 Å². The zero-order chi connectivity index (χ0) is 24.0. The van der Waals surface area contributed by atoms with Gasteiger partial charge >= 0.3 is 6.18 Å². The zero-order valence-electron chi connectivity index (χ0n) is 19.7. The Balaban J connectivity index is 1.42. The van der Waals surface area contributed by atoms with Gasteiger partial charge in [0.25, 0.3) is 0 Å². The van der Waals surface area contributed by atoms with E-state index in [2.05, 4.69) is 50.6 Å². The van der Waals surface area contributed by atoms with E-state index >= 15 is 0 Å². The highest BCUT2D eigenvalue weighted by molar-refractivity contribution is 5.93. The summed E-state index contributed by atoms with van der Waals surface area (Å²) in [5.41, 5.74) is 1.37. The van der Waals surface area contributed by atoms with Crippen molar-refractivity contribution in [3.63, 3.8) is 0 Å². The number of fused-ring (bicyclic) bond motifs is 2. The van der Waals surface area contributed by atoms with Crippen LogP contribution in [-0.2, 0) is 6.18 Å². The number of aromatic nitrogens is 2. The Kier molecular flexibility index (Phi) is 5.88. The summed E-state index contributed by atoms with van der Waals surface area (Å²) in [5, 5.41) is 13.6. The molecule has 0 amide bonds. The van der Waals surface area contributed by atoms with Gasteiger partial charge in [0.2, 0.25) is 0 Å². The number of rotatable bonds is 4. The normalized spacial score (nSPS) is 22.1. The maximum atomic E-state index is 13.4. The molecular formula is C26H30F3N5. The van der Waals surface area contributed by atoms with Gasteiger partial charge in [0, 0.05) is 35.6 Å². The van der Waals surface area contributed by atoms with Crippen LogP contribution in [0.3, 0.4) is 0 Å². The van der Waals surface area contributed by atoms with Crippen LogP contribution in [0.25, 0.3) is 10.8 Å². The molecule has 5 rings (SSSR count). The number of nitrogens with zero attached hydrogens (tertiary/aromatic N) is 4. The molecule has 5 nitrogen and oxygen atoms in total. The summed E-state index contributed by atoms with van der Waals surface area (Å²) in [4.78, 5) is 4.93. The Bertz CT molecular complexity index is 1190. The highest BCUT2D eigenvalue weighted by atomic mass is 19.4. The molecule has 34 heavy (non-hydrogen) atoms. The van der Waals surface area contributed by atoms with Crippen molar-refractivity contribution >= 4 is 22.3 Å². The predicted molar refractivity (Wildman–Crippen MR) is 129 cm³/mol. The molecule has 3 heterocycles. The number of alkyl halides is 3. The highest BCUT2D eigenvalue weighted by Crippen LogP contribution is 2.37. The third-order valence-corrected chi connectivity index (χ3v) is 7.63.